The fourth-order valence-corrected chi connectivity index (χ4v) is 3.59. The Labute approximate surface area is 164 Å². The van der Waals surface area contributed by atoms with Crippen molar-refractivity contribution in [3.05, 3.63) is 54.1 Å². The fraction of sp³-hybridized carbons (Fsp3) is 0.318. The summed E-state index contributed by atoms with van der Waals surface area (Å²) in [5.41, 5.74) is 2.09. The minimum atomic E-state index is 0.0198. The molecule has 144 valence electrons. The number of ether oxygens (including phenoxy) is 1. The lowest BCUT2D eigenvalue weighted by atomic mass is 9.98. The highest BCUT2D eigenvalue weighted by Crippen LogP contribution is 2.28. The van der Waals surface area contributed by atoms with Gasteiger partial charge in [0.05, 0.1) is 18.2 Å². The highest BCUT2D eigenvalue weighted by atomic mass is 16.5. The van der Waals surface area contributed by atoms with E-state index in [1.807, 2.05) is 53.4 Å². The van der Waals surface area contributed by atoms with Crippen molar-refractivity contribution in [1.29, 1.82) is 0 Å². The number of hydrogen-bond acceptors (Lipinski definition) is 5. The maximum absolute atomic E-state index is 13.1. The second-order valence-electron chi connectivity index (χ2n) is 7.20. The molecule has 1 atom stereocenters. The SMILES string of the molecule is COc1ccc(-c2noc(-c3ccccc3C(=O)N3CCCC(C)C3)n2)cc1. The molecule has 1 aromatic heterocycles. The van der Waals surface area contributed by atoms with Crippen LogP contribution in [0.1, 0.15) is 30.1 Å². The largest absolute Gasteiger partial charge is 0.497 e. The first-order valence-corrected chi connectivity index (χ1v) is 9.52. The Hall–Kier alpha value is -3.15. The van der Waals surface area contributed by atoms with Crippen LogP contribution in [0.3, 0.4) is 0 Å². The number of benzene rings is 2. The standard InChI is InChI=1S/C22H23N3O3/c1-15-6-5-13-25(14-15)22(26)19-8-4-3-7-18(19)21-23-20(24-28-21)16-9-11-17(27-2)12-10-16/h3-4,7-12,15H,5-6,13-14H2,1-2H3. The van der Waals surface area contributed by atoms with E-state index in [-0.39, 0.29) is 5.91 Å². The van der Waals surface area contributed by atoms with E-state index in [1.165, 1.54) is 6.42 Å². The van der Waals surface area contributed by atoms with Crippen molar-refractivity contribution >= 4 is 5.91 Å². The molecule has 28 heavy (non-hydrogen) atoms. The van der Waals surface area contributed by atoms with Crippen molar-refractivity contribution < 1.29 is 14.1 Å². The highest BCUT2D eigenvalue weighted by molar-refractivity contribution is 6.00. The predicted octanol–water partition coefficient (Wildman–Crippen LogP) is 4.28. The molecule has 0 bridgehead atoms. The van der Waals surface area contributed by atoms with Crippen LogP contribution in [0.15, 0.2) is 53.1 Å². The molecule has 1 saturated heterocycles. The lowest BCUT2D eigenvalue weighted by molar-refractivity contribution is 0.0683. The molecule has 1 aliphatic heterocycles. The Morgan fingerprint density at radius 1 is 1.18 bits per heavy atom. The van der Waals surface area contributed by atoms with Crippen molar-refractivity contribution in [3.63, 3.8) is 0 Å². The molecule has 6 heteroatoms. The summed E-state index contributed by atoms with van der Waals surface area (Å²) < 4.78 is 10.7. The van der Waals surface area contributed by atoms with E-state index >= 15 is 0 Å². The van der Waals surface area contributed by atoms with Gasteiger partial charge in [-0.15, -0.1) is 0 Å². The minimum Gasteiger partial charge on any atom is -0.497 e. The third kappa shape index (κ3) is 3.63. The second kappa shape index (κ2) is 7.84. The third-order valence-corrected chi connectivity index (χ3v) is 5.11. The normalized spacial score (nSPS) is 16.8. The zero-order chi connectivity index (χ0) is 19.5. The Morgan fingerprint density at radius 2 is 1.96 bits per heavy atom. The van der Waals surface area contributed by atoms with Crippen LogP contribution in [-0.4, -0.2) is 41.1 Å². The van der Waals surface area contributed by atoms with Crippen LogP contribution in [0.2, 0.25) is 0 Å². The summed E-state index contributed by atoms with van der Waals surface area (Å²) in [6.45, 7) is 3.76. The van der Waals surface area contributed by atoms with Gasteiger partial charge in [0.2, 0.25) is 5.82 Å². The molecule has 0 spiro atoms. The molecule has 6 nitrogen and oxygen atoms in total. The lowest BCUT2D eigenvalue weighted by Crippen LogP contribution is -2.39. The smallest absolute Gasteiger partial charge is 0.259 e. The maximum atomic E-state index is 13.1. The van der Waals surface area contributed by atoms with Crippen LogP contribution in [0.4, 0.5) is 0 Å². The number of carbonyl (C=O) groups excluding carboxylic acids is 1. The Kier molecular flexibility index (Phi) is 5.10. The van der Waals surface area contributed by atoms with E-state index in [9.17, 15) is 4.79 Å². The van der Waals surface area contributed by atoms with Gasteiger partial charge in [-0.3, -0.25) is 4.79 Å². The van der Waals surface area contributed by atoms with Gasteiger partial charge in [-0.25, -0.2) is 0 Å². The summed E-state index contributed by atoms with van der Waals surface area (Å²) in [5.74, 6) is 2.13. The average Bonchev–Trinajstić information content (AvgIpc) is 3.23. The summed E-state index contributed by atoms with van der Waals surface area (Å²) in [4.78, 5) is 19.6. The molecule has 0 aliphatic carbocycles. The molecule has 0 N–H and O–H groups in total. The van der Waals surface area contributed by atoms with Gasteiger partial charge in [0.15, 0.2) is 0 Å². The first kappa shape index (κ1) is 18.2. The second-order valence-corrected chi connectivity index (χ2v) is 7.20. The van der Waals surface area contributed by atoms with Gasteiger partial charge in [0.25, 0.3) is 11.8 Å². The third-order valence-electron chi connectivity index (χ3n) is 5.11. The van der Waals surface area contributed by atoms with Gasteiger partial charge in [-0.05, 0) is 55.2 Å². The fourth-order valence-electron chi connectivity index (χ4n) is 3.59. The predicted molar refractivity (Wildman–Crippen MR) is 106 cm³/mol. The van der Waals surface area contributed by atoms with E-state index in [0.717, 1.165) is 30.8 Å². The number of rotatable bonds is 4. The molecular weight excluding hydrogens is 354 g/mol. The first-order chi connectivity index (χ1) is 13.7. The van der Waals surface area contributed by atoms with E-state index in [4.69, 9.17) is 9.26 Å². The van der Waals surface area contributed by atoms with E-state index in [2.05, 4.69) is 17.1 Å². The van der Waals surface area contributed by atoms with Gasteiger partial charge >= 0.3 is 0 Å². The van der Waals surface area contributed by atoms with Gasteiger partial charge in [0, 0.05) is 18.7 Å². The van der Waals surface area contributed by atoms with Gasteiger partial charge in [-0.1, -0.05) is 24.2 Å². The van der Waals surface area contributed by atoms with E-state index in [0.29, 0.717) is 28.8 Å². The molecule has 2 aromatic carbocycles. The van der Waals surface area contributed by atoms with Gasteiger partial charge in [0.1, 0.15) is 5.75 Å². The summed E-state index contributed by atoms with van der Waals surface area (Å²) in [6.07, 6.45) is 2.21. The molecule has 2 heterocycles. The van der Waals surface area contributed by atoms with E-state index < -0.39 is 0 Å². The summed E-state index contributed by atoms with van der Waals surface area (Å²) in [6, 6.07) is 14.9. The van der Waals surface area contributed by atoms with Crippen molar-refractivity contribution in [2.24, 2.45) is 5.92 Å². The summed E-state index contributed by atoms with van der Waals surface area (Å²) in [7, 11) is 1.62. The molecule has 1 amide bonds. The van der Waals surface area contributed by atoms with Crippen LogP contribution in [0.5, 0.6) is 5.75 Å². The molecule has 3 aromatic rings. The highest BCUT2D eigenvalue weighted by Gasteiger charge is 2.25. The molecule has 1 unspecified atom stereocenters. The Bertz CT molecular complexity index is 965. The molecule has 4 rings (SSSR count). The number of piperidine rings is 1. The number of nitrogens with zero attached hydrogens (tertiary/aromatic N) is 3. The summed E-state index contributed by atoms with van der Waals surface area (Å²) in [5, 5.41) is 4.09. The lowest BCUT2D eigenvalue weighted by Gasteiger charge is -2.31. The minimum absolute atomic E-state index is 0.0198. The molecule has 0 radical (unpaired) electrons. The quantitative estimate of drug-likeness (QED) is 0.679. The van der Waals surface area contributed by atoms with Crippen molar-refractivity contribution in [1.82, 2.24) is 15.0 Å². The van der Waals surface area contributed by atoms with Crippen LogP contribution in [-0.2, 0) is 0 Å². The number of carbonyl (C=O) groups is 1. The molecular formula is C22H23N3O3. The zero-order valence-corrected chi connectivity index (χ0v) is 16.1. The van der Waals surface area contributed by atoms with Crippen LogP contribution in [0.25, 0.3) is 22.8 Å². The number of amides is 1. The average molecular weight is 377 g/mol. The van der Waals surface area contributed by atoms with Crippen LogP contribution in [0, 0.1) is 5.92 Å². The number of methoxy groups -OCH3 is 1. The monoisotopic (exact) mass is 377 g/mol. The zero-order valence-electron chi connectivity index (χ0n) is 16.1. The molecule has 1 fully saturated rings. The van der Waals surface area contributed by atoms with Gasteiger partial charge < -0.3 is 14.2 Å². The first-order valence-electron chi connectivity index (χ1n) is 9.52. The van der Waals surface area contributed by atoms with Crippen molar-refractivity contribution in [3.8, 4) is 28.6 Å². The van der Waals surface area contributed by atoms with Crippen molar-refractivity contribution in [2.75, 3.05) is 20.2 Å². The van der Waals surface area contributed by atoms with Crippen LogP contribution >= 0.6 is 0 Å². The topological polar surface area (TPSA) is 68.5 Å². The van der Waals surface area contributed by atoms with Crippen molar-refractivity contribution in [2.45, 2.75) is 19.8 Å². The number of aromatic nitrogens is 2. The van der Waals surface area contributed by atoms with Crippen LogP contribution < -0.4 is 4.74 Å². The Balaban J connectivity index is 1.63. The molecule has 0 saturated carbocycles. The number of likely N-dealkylation sites (tertiary alicyclic amines) is 1. The van der Waals surface area contributed by atoms with Gasteiger partial charge in [-0.2, -0.15) is 4.98 Å². The maximum Gasteiger partial charge on any atom is 0.259 e. The Morgan fingerprint density at radius 3 is 2.71 bits per heavy atom. The number of hydrogen-bond donors (Lipinski definition) is 0. The summed E-state index contributed by atoms with van der Waals surface area (Å²) >= 11 is 0. The van der Waals surface area contributed by atoms with E-state index in [1.54, 1.807) is 7.11 Å². The molecule has 1 aliphatic rings.